The third-order valence-corrected chi connectivity index (χ3v) is 7.34. The molecular formula is C33H36O3. The first-order valence-corrected chi connectivity index (χ1v) is 13.6. The minimum Gasteiger partial charge on any atom is -0.494 e. The Labute approximate surface area is 215 Å². The maximum atomic E-state index is 13.8. The molecule has 2 aliphatic carbocycles. The van der Waals surface area contributed by atoms with E-state index in [1.54, 1.807) is 0 Å². The van der Waals surface area contributed by atoms with E-state index in [4.69, 9.17) is 9.47 Å². The third-order valence-electron chi connectivity index (χ3n) is 7.34. The Balaban J connectivity index is 1.39. The standard InChI is InChI=1S/C33H36O3/c1-2-3-10-21-35-27-17-15-25(16-18-27)33(34)31-23-26-22-29(36-28-13-8-5-9-14-28)19-20-30(26)32(31)24-11-6-4-7-12-24/h4,6-7,11-12,15-20,22,28H,2-3,5,8-10,13-14,21,23H2,1H3. The fourth-order valence-electron chi connectivity index (χ4n) is 5.40. The molecule has 1 fully saturated rings. The van der Waals surface area contributed by atoms with E-state index in [0.717, 1.165) is 53.0 Å². The Hall–Kier alpha value is -3.33. The SMILES string of the molecule is CCCCCOc1ccc(C(=O)C2=C(c3ccccc3)c3ccc(OC4CCCCC4)cc3C2)cc1. The summed E-state index contributed by atoms with van der Waals surface area (Å²) in [6, 6.07) is 24.3. The summed E-state index contributed by atoms with van der Waals surface area (Å²) in [6.45, 7) is 2.90. The van der Waals surface area contributed by atoms with E-state index in [-0.39, 0.29) is 5.78 Å². The largest absolute Gasteiger partial charge is 0.494 e. The van der Waals surface area contributed by atoms with E-state index < -0.39 is 0 Å². The Morgan fingerprint density at radius 1 is 0.861 bits per heavy atom. The summed E-state index contributed by atoms with van der Waals surface area (Å²) < 4.78 is 12.2. The Morgan fingerprint density at radius 2 is 1.61 bits per heavy atom. The zero-order valence-corrected chi connectivity index (χ0v) is 21.3. The zero-order valence-electron chi connectivity index (χ0n) is 21.3. The number of carbonyl (C=O) groups excluding carboxylic acids is 1. The van der Waals surface area contributed by atoms with Crippen molar-refractivity contribution in [2.24, 2.45) is 0 Å². The van der Waals surface area contributed by atoms with E-state index >= 15 is 0 Å². The van der Waals surface area contributed by atoms with E-state index in [0.29, 0.717) is 24.7 Å². The summed E-state index contributed by atoms with van der Waals surface area (Å²) in [5.74, 6) is 1.82. The second kappa shape index (κ2) is 11.6. The van der Waals surface area contributed by atoms with Crippen molar-refractivity contribution in [3.63, 3.8) is 0 Å². The summed E-state index contributed by atoms with van der Waals surface area (Å²) in [5, 5.41) is 0. The van der Waals surface area contributed by atoms with Gasteiger partial charge in [0.15, 0.2) is 5.78 Å². The molecule has 0 amide bonds. The van der Waals surface area contributed by atoms with E-state index in [1.807, 2.05) is 42.5 Å². The fraction of sp³-hybridized carbons (Fsp3) is 0.364. The molecule has 0 atom stereocenters. The first kappa shape index (κ1) is 24.4. The quantitative estimate of drug-likeness (QED) is 0.217. The molecule has 0 radical (unpaired) electrons. The van der Waals surface area contributed by atoms with Crippen molar-refractivity contribution in [2.75, 3.05) is 6.61 Å². The van der Waals surface area contributed by atoms with Gasteiger partial charge in [-0.1, -0.05) is 62.6 Å². The lowest BCUT2D eigenvalue weighted by Gasteiger charge is -2.23. The molecule has 0 spiro atoms. The topological polar surface area (TPSA) is 35.5 Å². The van der Waals surface area contributed by atoms with Gasteiger partial charge in [0.05, 0.1) is 12.7 Å². The van der Waals surface area contributed by atoms with Crippen LogP contribution in [0.1, 0.15) is 85.3 Å². The first-order chi connectivity index (χ1) is 17.7. The van der Waals surface area contributed by atoms with E-state index in [2.05, 4.69) is 37.3 Å². The van der Waals surface area contributed by atoms with Crippen molar-refractivity contribution in [3.05, 3.63) is 101 Å². The lowest BCUT2D eigenvalue weighted by molar-refractivity contribution is 0.103. The van der Waals surface area contributed by atoms with Crippen molar-refractivity contribution < 1.29 is 14.3 Å². The Kier molecular flexibility index (Phi) is 7.85. The van der Waals surface area contributed by atoms with Crippen molar-refractivity contribution in [3.8, 4) is 11.5 Å². The van der Waals surface area contributed by atoms with Crippen LogP contribution in [0, 0.1) is 0 Å². The molecule has 0 N–H and O–H groups in total. The number of fused-ring (bicyclic) bond motifs is 1. The van der Waals surface area contributed by atoms with Gasteiger partial charge in [-0.2, -0.15) is 0 Å². The van der Waals surface area contributed by atoms with Crippen LogP contribution in [0.2, 0.25) is 0 Å². The van der Waals surface area contributed by atoms with Gasteiger partial charge in [0, 0.05) is 17.6 Å². The number of benzene rings is 3. The number of Topliss-reactive ketones (excluding diaryl/α,β-unsaturated/α-hetero) is 1. The molecule has 5 rings (SSSR count). The molecule has 0 saturated heterocycles. The highest BCUT2D eigenvalue weighted by Crippen LogP contribution is 2.41. The summed E-state index contributed by atoms with van der Waals surface area (Å²) in [7, 11) is 0. The average Bonchev–Trinajstić information content (AvgIpc) is 3.31. The monoisotopic (exact) mass is 480 g/mol. The number of unbranched alkanes of at least 4 members (excludes halogenated alkanes) is 2. The first-order valence-electron chi connectivity index (χ1n) is 13.6. The molecule has 0 aromatic heterocycles. The predicted molar refractivity (Wildman–Crippen MR) is 146 cm³/mol. The molecule has 3 aromatic rings. The lowest BCUT2D eigenvalue weighted by atomic mass is 9.94. The molecular weight excluding hydrogens is 444 g/mol. The zero-order chi connectivity index (χ0) is 24.7. The molecule has 0 heterocycles. The highest BCUT2D eigenvalue weighted by molar-refractivity contribution is 6.16. The Morgan fingerprint density at radius 3 is 2.36 bits per heavy atom. The van der Waals surface area contributed by atoms with Gasteiger partial charge in [-0.3, -0.25) is 4.79 Å². The van der Waals surface area contributed by atoms with Crippen molar-refractivity contribution in [1.29, 1.82) is 0 Å². The number of carbonyl (C=O) groups is 1. The minimum atomic E-state index is 0.0809. The summed E-state index contributed by atoms with van der Waals surface area (Å²) in [4.78, 5) is 13.8. The molecule has 0 bridgehead atoms. The highest BCUT2D eigenvalue weighted by atomic mass is 16.5. The van der Waals surface area contributed by atoms with Gasteiger partial charge in [-0.05, 0) is 90.8 Å². The lowest BCUT2D eigenvalue weighted by Crippen LogP contribution is -2.19. The van der Waals surface area contributed by atoms with Crippen LogP contribution in [0.25, 0.3) is 5.57 Å². The molecule has 3 aromatic carbocycles. The number of hydrogen-bond donors (Lipinski definition) is 0. The maximum absolute atomic E-state index is 13.8. The number of ether oxygens (including phenoxy) is 2. The van der Waals surface area contributed by atoms with Gasteiger partial charge in [0.1, 0.15) is 11.5 Å². The van der Waals surface area contributed by atoms with Crippen LogP contribution in [0.3, 0.4) is 0 Å². The maximum Gasteiger partial charge on any atom is 0.189 e. The van der Waals surface area contributed by atoms with Gasteiger partial charge in [-0.25, -0.2) is 0 Å². The van der Waals surface area contributed by atoms with Gasteiger partial charge in [0.25, 0.3) is 0 Å². The molecule has 2 aliphatic rings. The van der Waals surface area contributed by atoms with Gasteiger partial charge < -0.3 is 9.47 Å². The second-order valence-corrected chi connectivity index (χ2v) is 10.0. The fourth-order valence-corrected chi connectivity index (χ4v) is 5.40. The van der Waals surface area contributed by atoms with E-state index in [1.165, 1.54) is 37.7 Å². The molecule has 0 aliphatic heterocycles. The second-order valence-electron chi connectivity index (χ2n) is 10.0. The number of rotatable bonds is 10. The molecule has 36 heavy (non-hydrogen) atoms. The summed E-state index contributed by atoms with van der Waals surface area (Å²) >= 11 is 0. The smallest absolute Gasteiger partial charge is 0.189 e. The van der Waals surface area contributed by atoms with Crippen molar-refractivity contribution in [1.82, 2.24) is 0 Å². The molecule has 1 saturated carbocycles. The van der Waals surface area contributed by atoms with Crippen LogP contribution in [0.4, 0.5) is 0 Å². The van der Waals surface area contributed by atoms with Crippen LogP contribution in [-0.2, 0) is 6.42 Å². The normalized spacial score (nSPS) is 15.6. The average molecular weight is 481 g/mol. The molecule has 3 nitrogen and oxygen atoms in total. The third kappa shape index (κ3) is 5.56. The number of ketones is 1. The van der Waals surface area contributed by atoms with E-state index in [9.17, 15) is 4.79 Å². The number of hydrogen-bond acceptors (Lipinski definition) is 3. The molecule has 186 valence electrons. The summed E-state index contributed by atoms with van der Waals surface area (Å²) in [5.41, 5.74) is 5.97. The van der Waals surface area contributed by atoms with Gasteiger partial charge in [-0.15, -0.1) is 0 Å². The predicted octanol–water partition coefficient (Wildman–Crippen LogP) is 8.21. The highest BCUT2D eigenvalue weighted by Gasteiger charge is 2.28. The van der Waals surface area contributed by atoms with Crippen LogP contribution in [0.15, 0.2) is 78.4 Å². The van der Waals surface area contributed by atoms with Crippen LogP contribution in [0.5, 0.6) is 11.5 Å². The van der Waals surface area contributed by atoms with Crippen molar-refractivity contribution >= 4 is 11.4 Å². The van der Waals surface area contributed by atoms with Crippen LogP contribution >= 0.6 is 0 Å². The Bertz CT molecular complexity index is 1200. The van der Waals surface area contributed by atoms with Crippen LogP contribution in [-0.4, -0.2) is 18.5 Å². The number of allylic oxidation sites excluding steroid dienone is 1. The minimum absolute atomic E-state index is 0.0809. The summed E-state index contributed by atoms with van der Waals surface area (Å²) in [6.07, 6.45) is 10.4. The van der Waals surface area contributed by atoms with Gasteiger partial charge >= 0.3 is 0 Å². The van der Waals surface area contributed by atoms with Gasteiger partial charge in [0.2, 0.25) is 0 Å². The van der Waals surface area contributed by atoms with Crippen molar-refractivity contribution in [2.45, 2.75) is 70.8 Å². The molecule has 0 unspecified atom stereocenters. The molecule has 3 heteroatoms. The van der Waals surface area contributed by atoms with Crippen LogP contribution < -0.4 is 9.47 Å².